The lowest BCUT2D eigenvalue weighted by molar-refractivity contribution is 0.0949. The second-order valence-electron chi connectivity index (χ2n) is 4.31. The largest absolute Gasteiger partial charge is 0.494 e. The molecule has 5 heteroatoms. The summed E-state index contributed by atoms with van der Waals surface area (Å²) in [7, 11) is 1.52. The standard InChI is InChI=1S/C13H21N3O2/c1-10(8-14)4-3-6-16-13(17)11-5-7-15-9-12(11)18-2/h5,7,9-10H,3-4,6,8,14H2,1-2H3,(H,16,17). The minimum Gasteiger partial charge on any atom is -0.494 e. The molecule has 0 fully saturated rings. The molecule has 0 aliphatic rings. The molecular formula is C13H21N3O2. The highest BCUT2D eigenvalue weighted by Crippen LogP contribution is 2.15. The molecule has 0 saturated carbocycles. The Morgan fingerprint density at radius 1 is 1.61 bits per heavy atom. The first-order valence-electron chi connectivity index (χ1n) is 6.15. The molecule has 1 heterocycles. The Balaban J connectivity index is 2.41. The van der Waals surface area contributed by atoms with Gasteiger partial charge in [0.05, 0.1) is 18.9 Å². The zero-order valence-corrected chi connectivity index (χ0v) is 11.0. The number of nitrogens with two attached hydrogens (primary N) is 1. The molecule has 1 aromatic heterocycles. The van der Waals surface area contributed by atoms with Crippen molar-refractivity contribution >= 4 is 5.91 Å². The summed E-state index contributed by atoms with van der Waals surface area (Å²) in [6, 6.07) is 1.65. The topological polar surface area (TPSA) is 77.2 Å². The Labute approximate surface area is 108 Å². The molecule has 1 aromatic rings. The molecule has 5 nitrogen and oxygen atoms in total. The number of hydrogen-bond acceptors (Lipinski definition) is 4. The zero-order valence-electron chi connectivity index (χ0n) is 11.0. The van der Waals surface area contributed by atoms with Crippen LogP contribution in [0, 0.1) is 5.92 Å². The first-order valence-corrected chi connectivity index (χ1v) is 6.15. The maximum atomic E-state index is 11.9. The smallest absolute Gasteiger partial charge is 0.255 e. The predicted molar refractivity (Wildman–Crippen MR) is 70.6 cm³/mol. The Morgan fingerprint density at radius 3 is 3.06 bits per heavy atom. The second kappa shape index (κ2) is 7.66. The lowest BCUT2D eigenvalue weighted by Crippen LogP contribution is -2.25. The molecule has 1 amide bonds. The van der Waals surface area contributed by atoms with E-state index < -0.39 is 0 Å². The summed E-state index contributed by atoms with van der Waals surface area (Å²) in [5.41, 5.74) is 6.05. The summed E-state index contributed by atoms with van der Waals surface area (Å²) in [6.07, 6.45) is 5.06. The Bertz CT molecular complexity index is 382. The van der Waals surface area contributed by atoms with E-state index in [1.807, 2.05) is 0 Å². The number of hydrogen-bond donors (Lipinski definition) is 2. The third-order valence-corrected chi connectivity index (χ3v) is 2.81. The van der Waals surface area contributed by atoms with Crippen LogP contribution < -0.4 is 15.8 Å². The first kappa shape index (κ1) is 14.4. The van der Waals surface area contributed by atoms with Gasteiger partial charge in [0.15, 0.2) is 0 Å². The number of nitrogens with one attached hydrogen (secondary N) is 1. The average Bonchev–Trinajstić information content (AvgIpc) is 2.42. The van der Waals surface area contributed by atoms with Gasteiger partial charge in [0.1, 0.15) is 5.75 Å². The third kappa shape index (κ3) is 4.33. The van der Waals surface area contributed by atoms with Crippen LogP contribution in [0.15, 0.2) is 18.5 Å². The highest BCUT2D eigenvalue weighted by molar-refractivity contribution is 5.96. The lowest BCUT2D eigenvalue weighted by atomic mass is 10.1. The number of carbonyl (C=O) groups excluding carboxylic acids is 1. The van der Waals surface area contributed by atoms with Gasteiger partial charge in [-0.05, 0) is 31.4 Å². The van der Waals surface area contributed by atoms with Gasteiger partial charge in [0.2, 0.25) is 0 Å². The van der Waals surface area contributed by atoms with Gasteiger partial charge >= 0.3 is 0 Å². The van der Waals surface area contributed by atoms with Crippen LogP contribution in [0.5, 0.6) is 5.75 Å². The van der Waals surface area contributed by atoms with Gasteiger partial charge in [0, 0.05) is 12.7 Å². The molecule has 0 aliphatic carbocycles. The average molecular weight is 251 g/mol. The highest BCUT2D eigenvalue weighted by atomic mass is 16.5. The van der Waals surface area contributed by atoms with Crippen molar-refractivity contribution in [2.75, 3.05) is 20.2 Å². The Morgan fingerprint density at radius 2 is 2.39 bits per heavy atom. The van der Waals surface area contributed by atoms with E-state index in [2.05, 4.69) is 17.2 Å². The van der Waals surface area contributed by atoms with Gasteiger partial charge < -0.3 is 15.8 Å². The van der Waals surface area contributed by atoms with E-state index in [1.54, 1.807) is 12.3 Å². The van der Waals surface area contributed by atoms with Crippen LogP contribution >= 0.6 is 0 Å². The summed E-state index contributed by atoms with van der Waals surface area (Å²) in [4.78, 5) is 15.8. The summed E-state index contributed by atoms with van der Waals surface area (Å²) in [5.74, 6) is 0.859. The number of methoxy groups -OCH3 is 1. The number of nitrogens with zero attached hydrogens (tertiary/aromatic N) is 1. The van der Waals surface area contributed by atoms with E-state index in [9.17, 15) is 4.79 Å². The van der Waals surface area contributed by atoms with Gasteiger partial charge in [0.25, 0.3) is 5.91 Å². The van der Waals surface area contributed by atoms with Crippen LogP contribution in [0.4, 0.5) is 0 Å². The fourth-order valence-corrected chi connectivity index (χ4v) is 1.60. The van der Waals surface area contributed by atoms with Gasteiger partial charge in [-0.25, -0.2) is 0 Å². The zero-order chi connectivity index (χ0) is 13.4. The quantitative estimate of drug-likeness (QED) is 0.714. The van der Waals surface area contributed by atoms with Gasteiger partial charge in [-0.15, -0.1) is 0 Å². The summed E-state index contributed by atoms with van der Waals surface area (Å²) < 4.78 is 5.09. The van der Waals surface area contributed by atoms with Gasteiger partial charge in [-0.3, -0.25) is 9.78 Å². The summed E-state index contributed by atoms with van der Waals surface area (Å²) in [5, 5.41) is 2.87. The third-order valence-electron chi connectivity index (χ3n) is 2.81. The molecular weight excluding hydrogens is 230 g/mol. The number of aromatic nitrogens is 1. The van der Waals surface area contributed by atoms with Crippen molar-refractivity contribution in [3.8, 4) is 5.75 Å². The van der Waals surface area contributed by atoms with Crippen molar-refractivity contribution in [1.82, 2.24) is 10.3 Å². The maximum Gasteiger partial charge on any atom is 0.255 e. The van der Waals surface area contributed by atoms with Crippen LogP contribution in [0.2, 0.25) is 0 Å². The molecule has 0 bridgehead atoms. The SMILES string of the molecule is COc1cnccc1C(=O)NCCCC(C)CN. The predicted octanol–water partition coefficient (Wildman–Crippen LogP) is 1.19. The second-order valence-corrected chi connectivity index (χ2v) is 4.31. The maximum absolute atomic E-state index is 11.9. The lowest BCUT2D eigenvalue weighted by Gasteiger charge is -2.10. The van der Waals surface area contributed by atoms with E-state index in [-0.39, 0.29) is 5.91 Å². The molecule has 1 atom stereocenters. The Kier molecular flexibility index (Phi) is 6.14. The minimum absolute atomic E-state index is 0.130. The van der Waals surface area contributed by atoms with E-state index in [0.29, 0.717) is 30.3 Å². The van der Waals surface area contributed by atoms with E-state index in [1.165, 1.54) is 13.3 Å². The molecule has 0 saturated heterocycles. The molecule has 3 N–H and O–H groups in total. The molecule has 0 aromatic carbocycles. The molecule has 1 unspecified atom stereocenters. The molecule has 0 radical (unpaired) electrons. The van der Waals surface area contributed by atoms with Crippen LogP contribution in [-0.2, 0) is 0 Å². The number of carbonyl (C=O) groups is 1. The first-order chi connectivity index (χ1) is 8.69. The highest BCUT2D eigenvalue weighted by Gasteiger charge is 2.11. The Hall–Kier alpha value is -1.62. The normalized spacial score (nSPS) is 11.9. The number of pyridine rings is 1. The van der Waals surface area contributed by atoms with Crippen molar-refractivity contribution < 1.29 is 9.53 Å². The number of rotatable bonds is 7. The molecule has 18 heavy (non-hydrogen) atoms. The van der Waals surface area contributed by atoms with Gasteiger partial charge in [-0.2, -0.15) is 0 Å². The van der Waals surface area contributed by atoms with Crippen molar-refractivity contribution in [3.05, 3.63) is 24.0 Å². The molecule has 0 spiro atoms. The fourth-order valence-electron chi connectivity index (χ4n) is 1.60. The molecule has 0 aliphatic heterocycles. The van der Waals surface area contributed by atoms with E-state index >= 15 is 0 Å². The summed E-state index contributed by atoms with van der Waals surface area (Å²) in [6.45, 7) is 3.44. The minimum atomic E-state index is -0.130. The van der Waals surface area contributed by atoms with Crippen LogP contribution in [0.1, 0.15) is 30.1 Å². The van der Waals surface area contributed by atoms with Crippen molar-refractivity contribution in [1.29, 1.82) is 0 Å². The van der Waals surface area contributed by atoms with Crippen molar-refractivity contribution in [3.63, 3.8) is 0 Å². The summed E-state index contributed by atoms with van der Waals surface area (Å²) >= 11 is 0. The van der Waals surface area contributed by atoms with Crippen LogP contribution in [0.25, 0.3) is 0 Å². The number of amides is 1. The van der Waals surface area contributed by atoms with Crippen LogP contribution in [-0.4, -0.2) is 31.1 Å². The van der Waals surface area contributed by atoms with Crippen molar-refractivity contribution in [2.24, 2.45) is 11.7 Å². The molecule has 1 rings (SSSR count). The fraction of sp³-hybridized carbons (Fsp3) is 0.538. The van der Waals surface area contributed by atoms with E-state index in [0.717, 1.165) is 12.8 Å². The number of ether oxygens (including phenoxy) is 1. The van der Waals surface area contributed by atoms with Gasteiger partial charge in [-0.1, -0.05) is 6.92 Å². The van der Waals surface area contributed by atoms with Crippen LogP contribution in [0.3, 0.4) is 0 Å². The monoisotopic (exact) mass is 251 g/mol. The van der Waals surface area contributed by atoms with E-state index in [4.69, 9.17) is 10.5 Å². The molecule has 100 valence electrons. The van der Waals surface area contributed by atoms with Crippen molar-refractivity contribution in [2.45, 2.75) is 19.8 Å².